The van der Waals surface area contributed by atoms with Crippen molar-refractivity contribution < 1.29 is 9.53 Å². The zero-order valence-electron chi connectivity index (χ0n) is 17.1. The molecule has 150 valence electrons. The standard InChI is InChI=1S/C24H32N2O2/c1-3-28-24(22-12-8-5-9-13-22)20(2)26-18-16-25(17-19-26)15-14-23(27)21-10-6-4-7-11-21/h4-13,20,24H,3,14-19H2,1-2H3. The molecule has 0 N–H and O–H groups in total. The van der Waals surface area contributed by atoms with E-state index < -0.39 is 0 Å². The third kappa shape index (κ3) is 5.51. The molecular formula is C24H32N2O2. The molecule has 2 aromatic rings. The SMILES string of the molecule is CCOC(c1ccccc1)C(C)N1CCN(CCC(=O)c2ccccc2)CC1. The van der Waals surface area contributed by atoms with Crippen LogP contribution < -0.4 is 0 Å². The molecule has 1 aliphatic rings. The Morgan fingerprint density at radius 1 is 0.964 bits per heavy atom. The van der Waals surface area contributed by atoms with Crippen molar-refractivity contribution in [2.45, 2.75) is 32.4 Å². The predicted molar refractivity (Wildman–Crippen MR) is 114 cm³/mol. The highest BCUT2D eigenvalue weighted by atomic mass is 16.5. The van der Waals surface area contributed by atoms with E-state index in [2.05, 4.69) is 47.9 Å². The molecule has 1 aliphatic heterocycles. The predicted octanol–water partition coefficient (Wildman–Crippen LogP) is 4.04. The fraction of sp³-hybridized carbons (Fsp3) is 0.458. The van der Waals surface area contributed by atoms with Crippen LogP contribution >= 0.6 is 0 Å². The Kier molecular flexibility index (Phi) is 7.78. The second-order valence-corrected chi connectivity index (χ2v) is 7.44. The summed E-state index contributed by atoms with van der Waals surface area (Å²) >= 11 is 0. The van der Waals surface area contributed by atoms with Crippen molar-refractivity contribution in [2.75, 3.05) is 39.3 Å². The van der Waals surface area contributed by atoms with Gasteiger partial charge in [0.15, 0.2) is 5.78 Å². The summed E-state index contributed by atoms with van der Waals surface area (Å²) in [4.78, 5) is 17.2. The number of carbonyl (C=O) groups is 1. The average molecular weight is 381 g/mol. The molecular weight excluding hydrogens is 348 g/mol. The van der Waals surface area contributed by atoms with Gasteiger partial charge in [-0.25, -0.2) is 0 Å². The monoisotopic (exact) mass is 380 g/mol. The van der Waals surface area contributed by atoms with Gasteiger partial charge in [0.1, 0.15) is 0 Å². The molecule has 0 aromatic heterocycles. The Balaban J connectivity index is 1.49. The second-order valence-electron chi connectivity index (χ2n) is 7.44. The number of hydrogen-bond donors (Lipinski definition) is 0. The number of rotatable bonds is 9. The molecule has 1 saturated heterocycles. The summed E-state index contributed by atoms with van der Waals surface area (Å²) in [5.74, 6) is 0.233. The van der Waals surface area contributed by atoms with Crippen molar-refractivity contribution in [3.63, 3.8) is 0 Å². The maximum atomic E-state index is 12.3. The summed E-state index contributed by atoms with van der Waals surface area (Å²) in [5.41, 5.74) is 2.06. The lowest BCUT2D eigenvalue weighted by molar-refractivity contribution is -0.0193. The maximum absolute atomic E-state index is 12.3. The summed E-state index contributed by atoms with van der Waals surface area (Å²) < 4.78 is 6.10. The van der Waals surface area contributed by atoms with E-state index in [1.54, 1.807) is 0 Å². The van der Waals surface area contributed by atoms with Gasteiger partial charge < -0.3 is 9.64 Å². The lowest BCUT2D eigenvalue weighted by atomic mass is 10.0. The minimum absolute atomic E-state index is 0.0948. The topological polar surface area (TPSA) is 32.8 Å². The minimum atomic E-state index is 0.0948. The fourth-order valence-corrected chi connectivity index (χ4v) is 3.95. The molecule has 4 nitrogen and oxygen atoms in total. The molecule has 3 rings (SSSR count). The van der Waals surface area contributed by atoms with Crippen molar-refractivity contribution in [1.29, 1.82) is 0 Å². The number of nitrogens with zero attached hydrogens (tertiary/aromatic N) is 2. The molecule has 1 heterocycles. The van der Waals surface area contributed by atoms with E-state index in [0.29, 0.717) is 19.1 Å². The largest absolute Gasteiger partial charge is 0.372 e. The highest BCUT2D eigenvalue weighted by Gasteiger charge is 2.28. The second kappa shape index (κ2) is 10.5. The number of ketones is 1. The van der Waals surface area contributed by atoms with E-state index in [-0.39, 0.29) is 11.9 Å². The molecule has 0 spiro atoms. The molecule has 2 aromatic carbocycles. The highest BCUT2D eigenvalue weighted by Crippen LogP contribution is 2.25. The summed E-state index contributed by atoms with van der Waals surface area (Å²) in [7, 11) is 0. The first-order valence-corrected chi connectivity index (χ1v) is 10.4. The van der Waals surface area contributed by atoms with Crippen LogP contribution in [0, 0.1) is 0 Å². The summed E-state index contributed by atoms with van der Waals surface area (Å²) in [6, 6.07) is 20.4. The van der Waals surface area contributed by atoms with Gasteiger partial charge in [0, 0.05) is 57.4 Å². The third-order valence-corrected chi connectivity index (χ3v) is 5.65. The molecule has 0 aliphatic carbocycles. The highest BCUT2D eigenvalue weighted by molar-refractivity contribution is 5.96. The quantitative estimate of drug-likeness (QED) is 0.615. The fourth-order valence-electron chi connectivity index (χ4n) is 3.95. The number of ether oxygens (including phenoxy) is 1. The van der Waals surface area contributed by atoms with Crippen LogP contribution in [-0.4, -0.2) is 61.0 Å². The minimum Gasteiger partial charge on any atom is -0.372 e. The van der Waals surface area contributed by atoms with Crippen LogP contribution in [0.3, 0.4) is 0 Å². The van der Waals surface area contributed by atoms with Gasteiger partial charge in [0.2, 0.25) is 0 Å². The number of benzene rings is 2. The molecule has 0 bridgehead atoms. The molecule has 2 unspecified atom stereocenters. The van der Waals surface area contributed by atoms with Crippen molar-refractivity contribution in [3.05, 3.63) is 71.8 Å². The van der Waals surface area contributed by atoms with Gasteiger partial charge in [-0.2, -0.15) is 0 Å². The first-order chi connectivity index (χ1) is 13.7. The van der Waals surface area contributed by atoms with Crippen LogP contribution in [0.2, 0.25) is 0 Å². The molecule has 1 fully saturated rings. The molecule has 2 atom stereocenters. The summed E-state index contributed by atoms with van der Waals surface area (Å²) in [6.07, 6.45) is 0.683. The van der Waals surface area contributed by atoms with Crippen molar-refractivity contribution in [1.82, 2.24) is 9.80 Å². The zero-order chi connectivity index (χ0) is 19.8. The number of hydrogen-bond acceptors (Lipinski definition) is 4. The van der Waals surface area contributed by atoms with E-state index >= 15 is 0 Å². The molecule has 4 heteroatoms. The third-order valence-electron chi connectivity index (χ3n) is 5.65. The Morgan fingerprint density at radius 3 is 2.18 bits per heavy atom. The van der Waals surface area contributed by atoms with Crippen LogP contribution in [0.1, 0.15) is 42.3 Å². The van der Waals surface area contributed by atoms with Crippen LogP contribution in [0.5, 0.6) is 0 Å². The van der Waals surface area contributed by atoms with Crippen molar-refractivity contribution in [2.24, 2.45) is 0 Å². The van der Waals surface area contributed by atoms with Gasteiger partial charge in [-0.3, -0.25) is 9.69 Å². The zero-order valence-corrected chi connectivity index (χ0v) is 17.1. The Labute approximate surface area is 169 Å². The van der Waals surface area contributed by atoms with E-state index in [0.717, 1.165) is 38.3 Å². The first kappa shape index (κ1) is 20.7. The molecule has 0 saturated carbocycles. The van der Waals surface area contributed by atoms with Gasteiger partial charge in [0.25, 0.3) is 0 Å². The maximum Gasteiger partial charge on any atom is 0.164 e. The van der Waals surface area contributed by atoms with E-state index in [9.17, 15) is 4.79 Å². The number of Topliss-reactive ketones (excluding diaryl/α,β-unsaturated/α-hetero) is 1. The van der Waals surface area contributed by atoms with Gasteiger partial charge in [-0.15, -0.1) is 0 Å². The van der Waals surface area contributed by atoms with E-state index in [1.165, 1.54) is 5.56 Å². The Bertz CT molecular complexity index is 712. The molecule has 0 amide bonds. The number of piperazine rings is 1. The van der Waals surface area contributed by atoms with Crippen molar-refractivity contribution in [3.8, 4) is 0 Å². The van der Waals surface area contributed by atoms with Gasteiger partial charge in [0.05, 0.1) is 6.10 Å². The lowest BCUT2D eigenvalue weighted by Crippen LogP contribution is -2.51. The Hall–Kier alpha value is -2.01. The van der Waals surface area contributed by atoms with E-state index in [1.807, 2.05) is 36.4 Å². The summed E-state index contributed by atoms with van der Waals surface area (Å²) in [5, 5.41) is 0. The van der Waals surface area contributed by atoms with Crippen LogP contribution in [0.4, 0.5) is 0 Å². The number of carbonyl (C=O) groups excluding carboxylic acids is 1. The van der Waals surface area contributed by atoms with Crippen LogP contribution in [-0.2, 0) is 4.74 Å². The average Bonchev–Trinajstić information content (AvgIpc) is 2.77. The Morgan fingerprint density at radius 2 is 1.57 bits per heavy atom. The van der Waals surface area contributed by atoms with Crippen LogP contribution in [0.15, 0.2) is 60.7 Å². The summed E-state index contributed by atoms with van der Waals surface area (Å²) in [6.45, 7) is 9.90. The molecule has 28 heavy (non-hydrogen) atoms. The first-order valence-electron chi connectivity index (χ1n) is 10.4. The van der Waals surface area contributed by atoms with Gasteiger partial charge >= 0.3 is 0 Å². The van der Waals surface area contributed by atoms with E-state index in [4.69, 9.17) is 4.74 Å². The van der Waals surface area contributed by atoms with Crippen molar-refractivity contribution >= 4 is 5.78 Å². The normalized spacial score (nSPS) is 17.9. The lowest BCUT2D eigenvalue weighted by Gasteiger charge is -2.40. The van der Waals surface area contributed by atoms with Gasteiger partial charge in [-0.05, 0) is 19.4 Å². The smallest absolute Gasteiger partial charge is 0.164 e. The van der Waals surface area contributed by atoms with Gasteiger partial charge in [-0.1, -0.05) is 60.7 Å². The van der Waals surface area contributed by atoms with Crippen LogP contribution in [0.25, 0.3) is 0 Å². The molecule has 0 radical (unpaired) electrons.